The fourth-order valence-electron chi connectivity index (χ4n) is 2.76. The van der Waals surface area contributed by atoms with Crippen LogP contribution in [0.2, 0.25) is 0 Å². The fraction of sp³-hybridized carbons (Fsp3) is 0.692. The third kappa shape index (κ3) is 2.40. The van der Waals surface area contributed by atoms with Gasteiger partial charge in [0.15, 0.2) is 0 Å². The molecular formula is C13H22N2OS. The van der Waals surface area contributed by atoms with Crippen LogP contribution < -0.4 is 5.73 Å². The molecule has 2 atom stereocenters. The molecule has 2 N–H and O–H groups in total. The summed E-state index contributed by atoms with van der Waals surface area (Å²) in [5.41, 5.74) is 6.07. The Kier molecular flexibility index (Phi) is 4.20. The zero-order valence-corrected chi connectivity index (χ0v) is 11.5. The Hall–Kier alpha value is -0.420. The summed E-state index contributed by atoms with van der Waals surface area (Å²) >= 11 is 1.81. The highest BCUT2D eigenvalue weighted by atomic mass is 32.1. The lowest BCUT2D eigenvalue weighted by Crippen LogP contribution is -2.57. The number of nitrogens with two attached hydrogens (primary N) is 1. The molecule has 0 aromatic carbocycles. The summed E-state index contributed by atoms with van der Waals surface area (Å²) < 4.78 is 5.74. The van der Waals surface area contributed by atoms with Crippen molar-refractivity contribution in [1.82, 2.24) is 4.90 Å². The molecule has 2 heterocycles. The van der Waals surface area contributed by atoms with Crippen molar-refractivity contribution in [3.05, 3.63) is 22.4 Å². The number of rotatable bonds is 5. The van der Waals surface area contributed by atoms with Gasteiger partial charge in [-0.05, 0) is 31.3 Å². The topological polar surface area (TPSA) is 38.5 Å². The van der Waals surface area contributed by atoms with Crippen LogP contribution in [0, 0.1) is 0 Å². The van der Waals surface area contributed by atoms with Crippen molar-refractivity contribution in [2.75, 3.05) is 19.7 Å². The first-order valence-corrected chi connectivity index (χ1v) is 7.20. The van der Waals surface area contributed by atoms with Gasteiger partial charge in [0.25, 0.3) is 0 Å². The second-order valence-electron chi connectivity index (χ2n) is 4.66. The predicted molar refractivity (Wildman–Crippen MR) is 72.2 cm³/mol. The summed E-state index contributed by atoms with van der Waals surface area (Å²) in [5, 5.41) is 2.13. The summed E-state index contributed by atoms with van der Waals surface area (Å²) in [5.74, 6) is 0. The molecule has 3 nitrogen and oxygen atoms in total. The fourth-order valence-corrected chi connectivity index (χ4v) is 3.48. The van der Waals surface area contributed by atoms with Gasteiger partial charge >= 0.3 is 0 Å². The van der Waals surface area contributed by atoms with E-state index in [1.54, 1.807) is 0 Å². The van der Waals surface area contributed by atoms with E-state index in [4.69, 9.17) is 10.5 Å². The Balaban J connectivity index is 2.15. The van der Waals surface area contributed by atoms with Crippen LogP contribution in [0.1, 0.15) is 25.1 Å². The van der Waals surface area contributed by atoms with Crippen molar-refractivity contribution >= 4 is 11.3 Å². The first kappa shape index (κ1) is 13.0. The maximum Gasteiger partial charge on any atom is 0.0743 e. The van der Waals surface area contributed by atoms with Crippen LogP contribution in [0.5, 0.6) is 0 Å². The highest BCUT2D eigenvalue weighted by molar-refractivity contribution is 7.09. The van der Waals surface area contributed by atoms with Crippen LogP contribution in [0.15, 0.2) is 17.5 Å². The van der Waals surface area contributed by atoms with E-state index < -0.39 is 0 Å². The molecule has 0 saturated carbocycles. The average Bonchev–Trinajstić information content (AvgIpc) is 2.96. The Bertz CT molecular complexity index is 341. The largest absolute Gasteiger partial charge is 0.376 e. The van der Waals surface area contributed by atoms with E-state index in [0.29, 0.717) is 6.54 Å². The van der Waals surface area contributed by atoms with Gasteiger partial charge in [0.1, 0.15) is 0 Å². The van der Waals surface area contributed by atoms with Crippen LogP contribution in [0.4, 0.5) is 0 Å². The molecule has 4 heteroatoms. The van der Waals surface area contributed by atoms with E-state index in [9.17, 15) is 0 Å². The lowest BCUT2D eigenvalue weighted by atomic mass is 9.89. The standard InChI is InChI=1S/C13H22N2OS/c1-3-15(9-12-5-4-8-17-12)13(10-14)6-7-16-11(13)2/h4-5,8,11H,3,6-7,9-10,14H2,1-2H3. The highest BCUT2D eigenvalue weighted by Gasteiger charge is 2.44. The van der Waals surface area contributed by atoms with Gasteiger partial charge in [0, 0.05) is 24.6 Å². The van der Waals surface area contributed by atoms with Gasteiger partial charge in [-0.15, -0.1) is 11.3 Å². The smallest absolute Gasteiger partial charge is 0.0743 e. The molecule has 0 amide bonds. The van der Waals surface area contributed by atoms with Crippen molar-refractivity contribution < 1.29 is 4.74 Å². The Morgan fingerprint density at radius 3 is 2.94 bits per heavy atom. The molecule has 0 aliphatic carbocycles. The van der Waals surface area contributed by atoms with Crippen LogP contribution in [0.3, 0.4) is 0 Å². The first-order chi connectivity index (χ1) is 8.23. The van der Waals surface area contributed by atoms with Crippen LogP contribution in [-0.2, 0) is 11.3 Å². The second-order valence-corrected chi connectivity index (χ2v) is 5.70. The summed E-state index contributed by atoms with van der Waals surface area (Å²) in [6.45, 7) is 7.86. The zero-order valence-electron chi connectivity index (χ0n) is 10.7. The van der Waals surface area contributed by atoms with E-state index in [-0.39, 0.29) is 11.6 Å². The third-order valence-electron chi connectivity index (χ3n) is 3.95. The molecule has 1 aromatic rings. The highest BCUT2D eigenvalue weighted by Crippen LogP contribution is 2.32. The average molecular weight is 254 g/mol. The molecule has 1 aliphatic heterocycles. The summed E-state index contributed by atoms with van der Waals surface area (Å²) in [6, 6.07) is 4.30. The number of ether oxygens (including phenoxy) is 1. The van der Waals surface area contributed by atoms with Crippen molar-refractivity contribution in [2.24, 2.45) is 5.73 Å². The van der Waals surface area contributed by atoms with Crippen LogP contribution in [-0.4, -0.2) is 36.2 Å². The molecule has 0 spiro atoms. The van der Waals surface area contributed by atoms with E-state index in [1.165, 1.54) is 4.88 Å². The van der Waals surface area contributed by atoms with Crippen molar-refractivity contribution in [1.29, 1.82) is 0 Å². The minimum absolute atomic E-state index is 0.0265. The lowest BCUT2D eigenvalue weighted by molar-refractivity contribution is 0.0129. The van der Waals surface area contributed by atoms with Gasteiger partial charge in [0.05, 0.1) is 11.6 Å². The van der Waals surface area contributed by atoms with Gasteiger partial charge in [-0.2, -0.15) is 0 Å². The lowest BCUT2D eigenvalue weighted by Gasteiger charge is -2.42. The van der Waals surface area contributed by atoms with E-state index in [1.807, 2.05) is 11.3 Å². The summed E-state index contributed by atoms with van der Waals surface area (Å²) in [4.78, 5) is 3.88. The van der Waals surface area contributed by atoms with Crippen LogP contribution >= 0.6 is 11.3 Å². The number of likely N-dealkylation sites (N-methyl/N-ethyl adjacent to an activating group) is 1. The summed E-state index contributed by atoms with van der Waals surface area (Å²) in [6.07, 6.45) is 1.27. The summed E-state index contributed by atoms with van der Waals surface area (Å²) in [7, 11) is 0. The number of nitrogens with zero attached hydrogens (tertiary/aromatic N) is 1. The molecule has 1 aromatic heterocycles. The first-order valence-electron chi connectivity index (χ1n) is 6.32. The molecule has 2 rings (SSSR count). The maximum absolute atomic E-state index is 6.05. The number of hydrogen-bond acceptors (Lipinski definition) is 4. The van der Waals surface area contributed by atoms with Crippen molar-refractivity contribution in [3.8, 4) is 0 Å². The van der Waals surface area contributed by atoms with Crippen molar-refractivity contribution in [2.45, 2.75) is 38.5 Å². The van der Waals surface area contributed by atoms with Gasteiger partial charge in [-0.1, -0.05) is 13.0 Å². The minimum atomic E-state index is 0.0265. The monoisotopic (exact) mass is 254 g/mol. The minimum Gasteiger partial charge on any atom is -0.376 e. The molecular weight excluding hydrogens is 232 g/mol. The normalized spacial score (nSPS) is 29.1. The van der Waals surface area contributed by atoms with E-state index >= 15 is 0 Å². The zero-order chi connectivity index (χ0) is 12.3. The molecule has 17 heavy (non-hydrogen) atoms. The second kappa shape index (κ2) is 5.48. The quantitative estimate of drug-likeness (QED) is 0.874. The number of thiophene rings is 1. The Morgan fingerprint density at radius 1 is 1.65 bits per heavy atom. The number of hydrogen-bond donors (Lipinski definition) is 1. The predicted octanol–water partition coefficient (Wildman–Crippen LogP) is 2.08. The molecule has 1 fully saturated rings. The van der Waals surface area contributed by atoms with E-state index in [0.717, 1.165) is 26.1 Å². The van der Waals surface area contributed by atoms with E-state index in [2.05, 4.69) is 36.3 Å². The van der Waals surface area contributed by atoms with Gasteiger partial charge in [-0.3, -0.25) is 4.90 Å². The van der Waals surface area contributed by atoms with Gasteiger partial charge < -0.3 is 10.5 Å². The Labute approximate surface area is 108 Å². The maximum atomic E-state index is 6.05. The van der Waals surface area contributed by atoms with Gasteiger partial charge in [-0.25, -0.2) is 0 Å². The molecule has 1 aliphatic rings. The molecule has 0 bridgehead atoms. The Morgan fingerprint density at radius 2 is 2.47 bits per heavy atom. The van der Waals surface area contributed by atoms with Crippen molar-refractivity contribution in [3.63, 3.8) is 0 Å². The molecule has 96 valence electrons. The third-order valence-corrected chi connectivity index (χ3v) is 4.81. The van der Waals surface area contributed by atoms with Crippen LogP contribution in [0.25, 0.3) is 0 Å². The van der Waals surface area contributed by atoms with Gasteiger partial charge in [0.2, 0.25) is 0 Å². The molecule has 0 radical (unpaired) electrons. The molecule has 1 saturated heterocycles. The molecule has 2 unspecified atom stereocenters. The SMILES string of the molecule is CCN(Cc1cccs1)C1(CN)CCOC1C.